The second-order valence-electron chi connectivity index (χ2n) is 5.03. The number of aromatic hydroxyl groups is 3. The Morgan fingerprint density at radius 2 is 1.84 bits per heavy atom. The van der Waals surface area contributed by atoms with Crippen LogP contribution in [0.1, 0.15) is 5.56 Å². The Morgan fingerprint density at radius 1 is 1.08 bits per heavy atom. The summed E-state index contributed by atoms with van der Waals surface area (Å²) in [6.45, 7) is 0. The first-order chi connectivity index (χ1) is 12.0. The summed E-state index contributed by atoms with van der Waals surface area (Å²) in [5, 5.41) is 34.8. The van der Waals surface area contributed by atoms with E-state index in [9.17, 15) is 19.7 Å². The molecule has 1 heterocycles. The molecule has 2 aromatic carbocycles. The van der Waals surface area contributed by atoms with Crippen molar-refractivity contribution in [3.63, 3.8) is 0 Å². The number of nitrogens with zero attached hydrogens (tertiary/aromatic N) is 3. The molecule has 8 heteroatoms. The minimum Gasteiger partial charge on any atom is -0.504 e. The molecule has 0 amide bonds. The maximum Gasteiger partial charge on any atom is 0.205 e. The van der Waals surface area contributed by atoms with E-state index in [2.05, 4.69) is 10.1 Å². The Balaban J connectivity index is 2.11. The molecule has 0 fully saturated rings. The number of benzene rings is 2. The highest BCUT2D eigenvalue weighted by Gasteiger charge is 2.12. The van der Waals surface area contributed by atoms with Gasteiger partial charge in [-0.3, -0.25) is 4.99 Å². The van der Waals surface area contributed by atoms with Gasteiger partial charge in [0.1, 0.15) is 5.82 Å². The molecule has 25 heavy (non-hydrogen) atoms. The fraction of sp³-hybridized carbons (Fsp3) is 0.0588. The number of phenols is 3. The molecule has 0 aliphatic rings. The van der Waals surface area contributed by atoms with Gasteiger partial charge in [0, 0.05) is 23.6 Å². The van der Waals surface area contributed by atoms with Crippen LogP contribution in [0.2, 0.25) is 0 Å². The number of halogens is 1. The van der Waals surface area contributed by atoms with Crippen LogP contribution in [-0.4, -0.2) is 33.3 Å². The van der Waals surface area contributed by atoms with E-state index >= 15 is 0 Å². The van der Waals surface area contributed by atoms with Crippen molar-refractivity contribution in [3.05, 3.63) is 58.0 Å². The maximum absolute atomic E-state index is 14.1. The smallest absolute Gasteiger partial charge is 0.205 e. The van der Waals surface area contributed by atoms with Gasteiger partial charge >= 0.3 is 0 Å². The van der Waals surface area contributed by atoms with Crippen LogP contribution in [0.25, 0.3) is 11.3 Å². The highest BCUT2D eigenvalue weighted by molar-refractivity contribution is 7.07. The third kappa shape index (κ3) is 3.11. The summed E-state index contributed by atoms with van der Waals surface area (Å²) in [7, 11) is 1.59. The van der Waals surface area contributed by atoms with Crippen molar-refractivity contribution in [1.82, 2.24) is 4.68 Å². The highest BCUT2D eigenvalue weighted by atomic mass is 32.1. The average Bonchev–Trinajstić information content (AvgIpc) is 3.02. The van der Waals surface area contributed by atoms with Gasteiger partial charge in [-0.1, -0.05) is 12.1 Å². The second kappa shape index (κ2) is 6.78. The van der Waals surface area contributed by atoms with E-state index in [0.717, 1.165) is 0 Å². The van der Waals surface area contributed by atoms with Gasteiger partial charge in [0.15, 0.2) is 11.5 Å². The molecular formula is C17H14FN3O3S. The normalized spacial score (nSPS) is 12.2. The van der Waals surface area contributed by atoms with Gasteiger partial charge in [0.25, 0.3) is 0 Å². The Hall–Kier alpha value is -3.13. The summed E-state index contributed by atoms with van der Waals surface area (Å²) in [5.74, 6) is -1.96. The fourth-order valence-corrected chi connectivity index (χ4v) is 3.02. The van der Waals surface area contributed by atoms with Crippen molar-refractivity contribution in [2.75, 3.05) is 7.05 Å². The molecule has 0 saturated carbocycles. The van der Waals surface area contributed by atoms with E-state index in [-0.39, 0.29) is 5.56 Å². The predicted molar refractivity (Wildman–Crippen MR) is 93.6 cm³/mol. The molecule has 0 bridgehead atoms. The van der Waals surface area contributed by atoms with Crippen molar-refractivity contribution < 1.29 is 19.7 Å². The number of hydrogen-bond donors (Lipinski definition) is 3. The number of thiazole rings is 1. The molecular weight excluding hydrogens is 345 g/mol. The first-order valence-corrected chi connectivity index (χ1v) is 8.07. The predicted octanol–water partition coefficient (Wildman–Crippen LogP) is 2.89. The number of phenolic OH excluding ortho intramolecular Hbond substituents is 3. The van der Waals surface area contributed by atoms with E-state index in [1.165, 1.54) is 40.4 Å². The summed E-state index contributed by atoms with van der Waals surface area (Å²) in [6.07, 6.45) is 1.29. The summed E-state index contributed by atoms with van der Waals surface area (Å²) in [4.78, 5) is 4.63. The van der Waals surface area contributed by atoms with Crippen LogP contribution in [-0.2, 0) is 0 Å². The van der Waals surface area contributed by atoms with Gasteiger partial charge in [0.2, 0.25) is 10.6 Å². The topological polar surface area (TPSA) is 90.3 Å². The maximum atomic E-state index is 14.1. The minimum absolute atomic E-state index is 0.190. The molecule has 128 valence electrons. The van der Waals surface area contributed by atoms with Crippen molar-refractivity contribution in [2.24, 2.45) is 10.1 Å². The molecule has 0 saturated heterocycles. The first-order valence-electron chi connectivity index (χ1n) is 7.19. The van der Waals surface area contributed by atoms with Gasteiger partial charge in [-0.2, -0.15) is 5.10 Å². The third-order valence-electron chi connectivity index (χ3n) is 3.50. The van der Waals surface area contributed by atoms with Gasteiger partial charge in [-0.05, 0) is 24.3 Å². The second-order valence-corrected chi connectivity index (χ2v) is 5.87. The monoisotopic (exact) mass is 359 g/mol. The lowest BCUT2D eigenvalue weighted by molar-refractivity contribution is 0.367. The van der Waals surface area contributed by atoms with E-state index in [1.807, 2.05) is 0 Å². The summed E-state index contributed by atoms with van der Waals surface area (Å²) in [5.41, 5.74) is 1.06. The Kier molecular flexibility index (Phi) is 4.53. The molecule has 0 atom stereocenters. The third-order valence-corrected chi connectivity index (χ3v) is 4.41. The molecule has 3 aromatic rings. The van der Waals surface area contributed by atoms with Crippen LogP contribution < -0.4 is 4.80 Å². The van der Waals surface area contributed by atoms with Gasteiger partial charge < -0.3 is 15.3 Å². The quantitative estimate of drug-likeness (QED) is 0.496. The Morgan fingerprint density at radius 3 is 2.56 bits per heavy atom. The SMILES string of the molecule is CN=c1scc(-c2ccccc2F)n1/N=C/c1ccc(O)c(O)c1O. The van der Waals surface area contributed by atoms with Crippen LogP contribution >= 0.6 is 11.3 Å². The number of hydrogen-bond acceptors (Lipinski definition) is 6. The van der Waals surface area contributed by atoms with Crippen molar-refractivity contribution in [3.8, 4) is 28.5 Å². The molecule has 6 nitrogen and oxygen atoms in total. The van der Waals surface area contributed by atoms with Gasteiger partial charge in [0.05, 0.1) is 11.9 Å². The van der Waals surface area contributed by atoms with Crippen molar-refractivity contribution >= 4 is 17.6 Å². The van der Waals surface area contributed by atoms with Crippen LogP contribution in [0, 0.1) is 5.82 Å². The zero-order chi connectivity index (χ0) is 18.0. The molecule has 0 radical (unpaired) electrons. The van der Waals surface area contributed by atoms with Crippen LogP contribution in [0.5, 0.6) is 17.2 Å². The van der Waals surface area contributed by atoms with Gasteiger partial charge in [-0.25, -0.2) is 9.07 Å². The first kappa shape index (κ1) is 16.7. The summed E-state index contributed by atoms with van der Waals surface area (Å²) >= 11 is 1.29. The fourth-order valence-electron chi connectivity index (χ4n) is 2.23. The van der Waals surface area contributed by atoms with Crippen LogP contribution in [0.3, 0.4) is 0 Å². The Bertz CT molecular complexity index is 1020. The molecule has 0 spiro atoms. The van der Waals surface area contributed by atoms with E-state index in [1.54, 1.807) is 30.6 Å². The number of rotatable bonds is 3. The summed E-state index contributed by atoms with van der Waals surface area (Å²) < 4.78 is 15.5. The average molecular weight is 359 g/mol. The number of aromatic nitrogens is 1. The van der Waals surface area contributed by atoms with Gasteiger partial charge in [-0.15, -0.1) is 11.3 Å². The minimum atomic E-state index is -0.631. The van der Waals surface area contributed by atoms with Crippen molar-refractivity contribution in [2.45, 2.75) is 0 Å². The molecule has 3 N–H and O–H groups in total. The zero-order valence-electron chi connectivity index (χ0n) is 13.1. The molecule has 0 aliphatic carbocycles. The lowest BCUT2D eigenvalue weighted by Gasteiger charge is -2.06. The molecule has 1 aromatic heterocycles. The highest BCUT2D eigenvalue weighted by Crippen LogP contribution is 2.36. The Labute approximate surface area is 146 Å². The van der Waals surface area contributed by atoms with E-state index < -0.39 is 23.1 Å². The lowest BCUT2D eigenvalue weighted by Crippen LogP contribution is -2.11. The van der Waals surface area contributed by atoms with Crippen molar-refractivity contribution in [1.29, 1.82) is 0 Å². The van der Waals surface area contributed by atoms with E-state index in [0.29, 0.717) is 16.1 Å². The van der Waals surface area contributed by atoms with E-state index in [4.69, 9.17) is 0 Å². The zero-order valence-corrected chi connectivity index (χ0v) is 13.9. The molecule has 0 unspecified atom stereocenters. The molecule has 0 aliphatic heterocycles. The summed E-state index contributed by atoms with van der Waals surface area (Å²) in [6, 6.07) is 8.93. The van der Waals surface area contributed by atoms with Crippen LogP contribution in [0.4, 0.5) is 4.39 Å². The standard InChI is InChI=1S/C17H14FN3O3S/c1-19-17-21(13(9-25-17)11-4-2-3-5-12(11)18)20-8-10-6-7-14(22)16(24)15(10)23/h2-9,22-24H,1H3/b19-17?,20-8+. The lowest BCUT2D eigenvalue weighted by atomic mass is 10.1. The largest absolute Gasteiger partial charge is 0.504 e. The van der Waals surface area contributed by atoms with Crippen LogP contribution in [0.15, 0.2) is 51.9 Å². The molecule has 3 rings (SSSR count).